The zero-order valence-corrected chi connectivity index (χ0v) is 13.0. The maximum absolute atomic E-state index is 12.0. The lowest BCUT2D eigenvalue weighted by molar-refractivity contribution is -0.123. The van der Waals surface area contributed by atoms with Gasteiger partial charge >= 0.3 is 0 Å². The lowest BCUT2D eigenvalue weighted by Gasteiger charge is -2.28. The highest BCUT2D eigenvalue weighted by Gasteiger charge is 2.33. The number of hydrogen-bond donors (Lipinski definition) is 2. The summed E-state index contributed by atoms with van der Waals surface area (Å²) in [7, 11) is 0. The molecule has 5 heteroatoms. The minimum Gasteiger partial charge on any atom is -0.492 e. The van der Waals surface area contributed by atoms with Crippen molar-refractivity contribution >= 4 is 17.5 Å². The Labute approximate surface area is 131 Å². The van der Waals surface area contributed by atoms with Crippen molar-refractivity contribution in [3.8, 4) is 5.75 Å². The van der Waals surface area contributed by atoms with Gasteiger partial charge in [0.15, 0.2) is 0 Å². The highest BCUT2D eigenvalue weighted by molar-refractivity contribution is 6.32. The Bertz CT molecular complexity index is 473. The van der Waals surface area contributed by atoms with Gasteiger partial charge in [-0.1, -0.05) is 36.6 Å². The van der Waals surface area contributed by atoms with E-state index in [1.54, 1.807) is 6.07 Å². The fourth-order valence-corrected chi connectivity index (χ4v) is 2.96. The Morgan fingerprint density at radius 3 is 2.71 bits per heavy atom. The third-order valence-corrected chi connectivity index (χ3v) is 4.31. The predicted octanol–water partition coefficient (Wildman–Crippen LogP) is 2.89. The summed E-state index contributed by atoms with van der Waals surface area (Å²) in [6, 6.07) is 7.34. The summed E-state index contributed by atoms with van der Waals surface area (Å²) in [5, 5.41) is 3.70. The SMILES string of the molecule is NCC1(NC(=O)CCCOc2ccccc2Cl)CCCC1. The molecular formula is C16H23ClN2O2. The third-order valence-electron chi connectivity index (χ3n) is 4.00. The number of ether oxygens (including phenoxy) is 1. The van der Waals surface area contributed by atoms with Crippen LogP contribution < -0.4 is 15.8 Å². The molecule has 0 atom stereocenters. The largest absolute Gasteiger partial charge is 0.492 e. The molecule has 0 aliphatic heterocycles. The Hall–Kier alpha value is -1.26. The summed E-state index contributed by atoms with van der Waals surface area (Å²) in [5.74, 6) is 0.721. The molecule has 0 saturated heterocycles. The molecule has 116 valence electrons. The van der Waals surface area contributed by atoms with Crippen molar-refractivity contribution in [3.05, 3.63) is 29.3 Å². The van der Waals surface area contributed by atoms with E-state index in [1.165, 1.54) is 0 Å². The van der Waals surface area contributed by atoms with Crippen LogP contribution in [0, 0.1) is 0 Å². The first-order valence-corrected chi connectivity index (χ1v) is 7.91. The van der Waals surface area contributed by atoms with Crippen LogP contribution in [-0.2, 0) is 4.79 Å². The van der Waals surface area contributed by atoms with Crippen molar-refractivity contribution in [1.29, 1.82) is 0 Å². The van der Waals surface area contributed by atoms with Crippen LogP contribution in [0.2, 0.25) is 5.02 Å². The first kappa shape index (κ1) is 16.1. The summed E-state index contributed by atoms with van der Waals surface area (Å²) < 4.78 is 5.57. The zero-order valence-electron chi connectivity index (χ0n) is 12.2. The van der Waals surface area contributed by atoms with Crippen LogP contribution in [0.5, 0.6) is 5.75 Å². The van der Waals surface area contributed by atoms with Gasteiger partial charge in [0.2, 0.25) is 5.91 Å². The molecule has 21 heavy (non-hydrogen) atoms. The van der Waals surface area contributed by atoms with Gasteiger partial charge in [-0.25, -0.2) is 0 Å². The average molecular weight is 311 g/mol. The molecular weight excluding hydrogens is 288 g/mol. The van der Waals surface area contributed by atoms with E-state index < -0.39 is 0 Å². The van der Waals surface area contributed by atoms with Crippen LogP contribution in [0.25, 0.3) is 0 Å². The van der Waals surface area contributed by atoms with Gasteiger partial charge in [0.05, 0.1) is 17.2 Å². The number of para-hydroxylation sites is 1. The Balaban J connectivity index is 1.69. The summed E-state index contributed by atoms with van der Waals surface area (Å²) in [4.78, 5) is 12.0. The molecule has 0 radical (unpaired) electrons. The van der Waals surface area contributed by atoms with E-state index in [4.69, 9.17) is 22.1 Å². The van der Waals surface area contributed by atoms with E-state index >= 15 is 0 Å². The van der Waals surface area contributed by atoms with E-state index in [9.17, 15) is 4.79 Å². The molecule has 1 aliphatic rings. The van der Waals surface area contributed by atoms with Crippen LogP contribution in [0.3, 0.4) is 0 Å². The molecule has 0 bridgehead atoms. The number of carbonyl (C=O) groups is 1. The fraction of sp³-hybridized carbons (Fsp3) is 0.562. The molecule has 0 heterocycles. The van der Waals surface area contributed by atoms with Gasteiger partial charge in [0.25, 0.3) is 0 Å². The number of carbonyl (C=O) groups excluding carboxylic acids is 1. The minimum absolute atomic E-state index is 0.0603. The lowest BCUT2D eigenvalue weighted by atomic mass is 9.97. The van der Waals surface area contributed by atoms with Gasteiger partial charge in [-0.2, -0.15) is 0 Å². The maximum atomic E-state index is 12.0. The number of rotatable bonds is 7. The molecule has 1 aliphatic carbocycles. The van der Waals surface area contributed by atoms with Gasteiger partial charge in [-0.05, 0) is 31.4 Å². The molecule has 3 N–H and O–H groups in total. The monoisotopic (exact) mass is 310 g/mol. The molecule has 0 spiro atoms. The number of nitrogens with one attached hydrogen (secondary N) is 1. The van der Waals surface area contributed by atoms with Crippen molar-refractivity contribution in [2.75, 3.05) is 13.2 Å². The van der Waals surface area contributed by atoms with E-state index in [0.29, 0.717) is 36.8 Å². The Morgan fingerprint density at radius 1 is 1.33 bits per heavy atom. The molecule has 0 aromatic heterocycles. The van der Waals surface area contributed by atoms with Crippen LogP contribution in [0.15, 0.2) is 24.3 Å². The second-order valence-electron chi connectivity index (χ2n) is 5.62. The van der Waals surface area contributed by atoms with Crippen molar-refractivity contribution in [3.63, 3.8) is 0 Å². The molecule has 0 unspecified atom stereocenters. The molecule has 1 aromatic rings. The molecule has 2 rings (SSSR count). The standard InChI is InChI=1S/C16H23ClN2O2/c17-13-6-1-2-7-14(13)21-11-5-8-15(20)19-16(12-18)9-3-4-10-16/h1-2,6-7H,3-5,8-12,18H2,(H,19,20). The first-order chi connectivity index (χ1) is 10.2. The minimum atomic E-state index is -0.166. The van der Waals surface area contributed by atoms with Crippen molar-refractivity contribution in [2.45, 2.75) is 44.1 Å². The van der Waals surface area contributed by atoms with E-state index in [-0.39, 0.29) is 11.4 Å². The number of benzene rings is 1. The summed E-state index contributed by atoms with van der Waals surface area (Å²) in [6.07, 6.45) is 5.39. The predicted molar refractivity (Wildman–Crippen MR) is 84.6 cm³/mol. The van der Waals surface area contributed by atoms with Crippen LogP contribution in [-0.4, -0.2) is 24.6 Å². The topological polar surface area (TPSA) is 64.3 Å². The second-order valence-corrected chi connectivity index (χ2v) is 6.03. The first-order valence-electron chi connectivity index (χ1n) is 7.54. The normalized spacial score (nSPS) is 16.7. The van der Waals surface area contributed by atoms with Gasteiger partial charge in [-0.3, -0.25) is 4.79 Å². The smallest absolute Gasteiger partial charge is 0.220 e. The van der Waals surface area contributed by atoms with Crippen molar-refractivity contribution < 1.29 is 9.53 Å². The lowest BCUT2D eigenvalue weighted by Crippen LogP contribution is -2.51. The summed E-state index contributed by atoms with van der Waals surface area (Å²) >= 11 is 6.00. The average Bonchev–Trinajstić information content (AvgIpc) is 2.94. The van der Waals surface area contributed by atoms with Crippen LogP contribution in [0.4, 0.5) is 0 Å². The Kier molecular flexibility index (Phi) is 5.88. The van der Waals surface area contributed by atoms with Crippen molar-refractivity contribution in [1.82, 2.24) is 5.32 Å². The third kappa shape index (κ3) is 4.61. The summed E-state index contributed by atoms with van der Waals surface area (Å²) in [6.45, 7) is 1.00. The molecule has 1 aromatic carbocycles. The number of nitrogens with two attached hydrogens (primary N) is 1. The molecule has 1 saturated carbocycles. The number of amides is 1. The van der Waals surface area contributed by atoms with E-state index in [2.05, 4.69) is 5.32 Å². The fourth-order valence-electron chi connectivity index (χ4n) is 2.77. The Morgan fingerprint density at radius 2 is 2.05 bits per heavy atom. The molecule has 4 nitrogen and oxygen atoms in total. The van der Waals surface area contributed by atoms with Crippen molar-refractivity contribution in [2.24, 2.45) is 5.73 Å². The van der Waals surface area contributed by atoms with Crippen LogP contribution >= 0.6 is 11.6 Å². The highest BCUT2D eigenvalue weighted by Crippen LogP contribution is 2.28. The zero-order chi connectivity index (χ0) is 15.1. The van der Waals surface area contributed by atoms with Gasteiger partial charge in [0.1, 0.15) is 5.75 Å². The second kappa shape index (κ2) is 7.66. The quantitative estimate of drug-likeness (QED) is 0.761. The maximum Gasteiger partial charge on any atom is 0.220 e. The van der Waals surface area contributed by atoms with E-state index in [0.717, 1.165) is 25.7 Å². The highest BCUT2D eigenvalue weighted by atomic mass is 35.5. The van der Waals surface area contributed by atoms with E-state index in [1.807, 2.05) is 18.2 Å². The number of halogens is 1. The molecule has 1 amide bonds. The van der Waals surface area contributed by atoms with Crippen LogP contribution in [0.1, 0.15) is 38.5 Å². The van der Waals surface area contributed by atoms with Gasteiger partial charge in [0, 0.05) is 13.0 Å². The van der Waals surface area contributed by atoms with Gasteiger partial charge < -0.3 is 15.8 Å². The van der Waals surface area contributed by atoms with Gasteiger partial charge in [-0.15, -0.1) is 0 Å². The summed E-state index contributed by atoms with van der Waals surface area (Å²) in [5.41, 5.74) is 5.64. The number of hydrogen-bond acceptors (Lipinski definition) is 3. The molecule has 1 fully saturated rings.